The third kappa shape index (κ3) is 3.22. The monoisotopic (exact) mass is 253 g/mol. The second-order valence-corrected chi connectivity index (χ2v) is 4.49. The zero-order valence-electron chi connectivity index (χ0n) is 11.4. The lowest BCUT2D eigenvalue weighted by molar-refractivity contribution is 0.474. The van der Waals surface area contributed by atoms with Crippen LogP contribution in [0.2, 0.25) is 0 Å². The molecule has 2 heteroatoms. The van der Waals surface area contributed by atoms with E-state index in [0.717, 1.165) is 24.1 Å². The first-order valence-electron chi connectivity index (χ1n) is 6.68. The van der Waals surface area contributed by atoms with Crippen molar-refractivity contribution in [1.82, 2.24) is 0 Å². The Balaban J connectivity index is 2.30. The van der Waals surface area contributed by atoms with Crippen LogP contribution in [0.5, 0.6) is 5.75 Å². The summed E-state index contributed by atoms with van der Waals surface area (Å²) >= 11 is 0. The molecule has 1 N–H and O–H groups in total. The van der Waals surface area contributed by atoms with E-state index in [1.54, 1.807) is 18.3 Å². The molecule has 0 amide bonds. The van der Waals surface area contributed by atoms with E-state index < -0.39 is 0 Å². The molecule has 0 bridgehead atoms. The molecule has 0 atom stereocenters. The Hall–Kier alpha value is -2.09. The van der Waals surface area contributed by atoms with Gasteiger partial charge in [-0.3, -0.25) is 4.99 Å². The lowest BCUT2D eigenvalue weighted by atomic mass is 10.0. The van der Waals surface area contributed by atoms with E-state index in [1.807, 2.05) is 18.2 Å². The number of phenolic OH excluding ortho intramolecular Hbond substituents is 1. The van der Waals surface area contributed by atoms with E-state index >= 15 is 0 Å². The van der Waals surface area contributed by atoms with Gasteiger partial charge in [-0.2, -0.15) is 0 Å². The van der Waals surface area contributed by atoms with Crippen LogP contribution in [0.15, 0.2) is 47.5 Å². The highest BCUT2D eigenvalue weighted by Crippen LogP contribution is 2.22. The number of hydrogen-bond acceptors (Lipinski definition) is 2. The maximum atomic E-state index is 9.71. The summed E-state index contributed by atoms with van der Waals surface area (Å²) in [5.74, 6) is 0.259. The molecule has 0 fully saturated rings. The quantitative estimate of drug-likeness (QED) is 0.811. The van der Waals surface area contributed by atoms with Crippen molar-refractivity contribution in [3.63, 3.8) is 0 Å². The summed E-state index contributed by atoms with van der Waals surface area (Å²) in [4.78, 5) is 4.50. The first-order chi connectivity index (χ1) is 9.24. The minimum atomic E-state index is 0.259. The van der Waals surface area contributed by atoms with Crippen LogP contribution in [0.4, 0.5) is 5.69 Å². The van der Waals surface area contributed by atoms with Crippen molar-refractivity contribution in [1.29, 1.82) is 0 Å². The number of aromatic hydroxyl groups is 1. The molecule has 98 valence electrons. The Morgan fingerprint density at radius 3 is 2.53 bits per heavy atom. The van der Waals surface area contributed by atoms with Crippen molar-refractivity contribution >= 4 is 11.9 Å². The third-order valence-corrected chi connectivity index (χ3v) is 3.21. The van der Waals surface area contributed by atoms with Crippen molar-refractivity contribution in [2.75, 3.05) is 0 Å². The summed E-state index contributed by atoms with van der Waals surface area (Å²) in [6.45, 7) is 4.29. The van der Waals surface area contributed by atoms with Crippen LogP contribution < -0.4 is 0 Å². The summed E-state index contributed by atoms with van der Waals surface area (Å²) < 4.78 is 0. The third-order valence-electron chi connectivity index (χ3n) is 3.21. The van der Waals surface area contributed by atoms with Crippen LogP contribution in [-0.2, 0) is 12.8 Å². The number of phenols is 1. The fourth-order valence-corrected chi connectivity index (χ4v) is 2.00. The molecule has 0 aliphatic rings. The summed E-state index contributed by atoms with van der Waals surface area (Å²) in [5, 5.41) is 9.71. The van der Waals surface area contributed by atoms with E-state index in [-0.39, 0.29) is 5.75 Å². The molecule has 0 saturated heterocycles. The van der Waals surface area contributed by atoms with Crippen molar-refractivity contribution < 1.29 is 5.11 Å². The van der Waals surface area contributed by atoms with E-state index in [4.69, 9.17) is 0 Å². The van der Waals surface area contributed by atoms with E-state index in [0.29, 0.717) is 0 Å². The highest BCUT2D eigenvalue weighted by Gasteiger charge is 2.01. The van der Waals surface area contributed by atoms with Crippen LogP contribution in [0, 0.1) is 0 Å². The van der Waals surface area contributed by atoms with Gasteiger partial charge in [-0.05, 0) is 42.2 Å². The van der Waals surface area contributed by atoms with Gasteiger partial charge in [-0.25, -0.2) is 0 Å². The molecule has 2 aromatic rings. The van der Waals surface area contributed by atoms with Crippen molar-refractivity contribution in [2.24, 2.45) is 4.99 Å². The molecule has 0 aromatic heterocycles. The fraction of sp³-hybridized carbons (Fsp3) is 0.235. The molecule has 2 rings (SSSR count). The largest absolute Gasteiger partial charge is 0.507 e. The topological polar surface area (TPSA) is 32.6 Å². The molecule has 2 aromatic carbocycles. The minimum absolute atomic E-state index is 0.259. The van der Waals surface area contributed by atoms with Gasteiger partial charge >= 0.3 is 0 Å². The second-order valence-electron chi connectivity index (χ2n) is 4.49. The normalized spacial score (nSPS) is 11.1. The Labute approximate surface area is 114 Å². The summed E-state index contributed by atoms with van der Waals surface area (Å²) in [7, 11) is 0. The Morgan fingerprint density at radius 2 is 1.84 bits per heavy atom. The molecule has 0 heterocycles. The molecule has 0 aliphatic heterocycles. The highest BCUT2D eigenvalue weighted by molar-refractivity contribution is 5.85. The van der Waals surface area contributed by atoms with Gasteiger partial charge in [0.25, 0.3) is 0 Å². The van der Waals surface area contributed by atoms with E-state index in [1.165, 1.54) is 11.1 Å². The van der Waals surface area contributed by atoms with E-state index in [2.05, 4.69) is 31.0 Å². The standard InChI is InChI=1S/C17H19NO/c1-3-13-9-10-16(14(4-2)11-13)18-12-15-7-5-6-8-17(15)19/h5-12,19H,3-4H2,1-2H3. The predicted molar refractivity (Wildman–Crippen MR) is 80.6 cm³/mol. The van der Waals surface area contributed by atoms with E-state index in [9.17, 15) is 5.11 Å². The van der Waals surface area contributed by atoms with Crippen LogP contribution >= 0.6 is 0 Å². The SMILES string of the molecule is CCc1ccc(N=Cc2ccccc2O)c(CC)c1. The summed E-state index contributed by atoms with van der Waals surface area (Å²) in [6.07, 6.45) is 3.72. The lowest BCUT2D eigenvalue weighted by Gasteiger charge is -2.05. The Bertz CT molecular complexity index is 588. The van der Waals surface area contributed by atoms with Gasteiger partial charge in [-0.15, -0.1) is 0 Å². The Kier molecular flexibility index (Phi) is 4.35. The second kappa shape index (κ2) is 6.19. The first kappa shape index (κ1) is 13.3. The van der Waals surface area contributed by atoms with Crippen LogP contribution in [0.25, 0.3) is 0 Å². The van der Waals surface area contributed by atoms with Crippen molar-refractivity contribution in [2.45, 2.75) is 26.7 Å². The average molecular weight is 253 g/mol. The van der Waals surface area contributed by atoms with Gasteiger partial charge in [0.2, 0.25) is 0 Å². The number of hydrogen-bond donors (Lipinski definition) is 1. The van der Waals surface area contributed by atoms with Gasteiger partial charge in [0.1, 0.15) is 5.75 Å². The molecule has 0 radical (unpaired) electrons. The number of rotatable bonds is 4. The summed E-state index contributed by atoms with van der Waals surface area (Å²) in [5.41, 5.74) is 4.29. The minimum Gasteiger partial charge on any atom is -0.507 e. The predicted octanol–water partition coefficient (Wildman–Crippen LogP) is 4.27. The van der Waals surface area contributed by atoms with Gasteiger partial charge < -0.3 is 5.11 Å². The first-order valence-corrected chi connectivity index (χ1v) is 6.68. The highest BCUT2D eigenvalue weighted by atomic mass is 16.3. The number of para-hydroxylation sites is 1. The average Bonchev–Trinajstić information content (AvgIpc) is 2.46. The number of benzene rings is 2. The molecular formula is C17H19NO. The van der Waals surface area contributed by atoms with Crippen LogP contribution in [0.3, 0.4) is 0 Å². The molecular weight excluding hydrogens is 234 g/mol. The smallest absolute Gasteiger partial charge is 0.124 e. The maximum absolute atomic E-state index is 9.71. The molecule has 0 unspecified atom stereocenters. The lowest BCUT2D eigenvalue weighted by Crippen LogP contribution is -1.87. The molecule has 19 heavy (non-hydrogen) atoms. The zero-order chi connectivity index (χ0) is 13.7. The van der Waals surface area contributed by atoms with Gasteiger partial charge in [0.05, 0.1) is 5.69 Å². The van der Waals surface area contributed by atoms with Gasteiger partial charge in [0.15, 0.2) is 0 Å². The van der Waals surface area contributed by atoms with Crippen LogP contribution in [-0.4, -0.2) is 11.3 Å². The summed E-state index contributed by atoms with van der Waals surface area (Å²) in [6, 6.07) is 13.6. The van der Waals surface area contributed by atoms with Crippen molar-refractivity contribution in [3.05, 3.63) is 59.2 Å². The number of nitrogens with zero attached hydrogens (tertiary/aromatic N) is 1. The molecule has 0 aliphatic carbocycles. The zero-order valence-corrected chi connectivity index (χ0v) is 11.4. The molecule has 0 saturated carbocycles. The number of aliphatic imine (C=N–C) groups is 1. The van der Waals surface area contributed by atoms with Gasteiger partial charge in [-0.1, -0.05) is 38.1 Å². The molecule has 0 spiro atoms. The van der Waals surface area contributed by atoms with Gasteiger partial charge in [0, 0.05) is 11.8 Å². The maximum Gasteiger partial charge on any atom is 0.124 e. The molecule has 2 nitrogen and oxygen atoms in total. The Morgan fingerprint density at radius 1 is 1.05 bits per heavy atom. The van der Waals surface area contributed by atoms with Crippen LogP contribution in [0.1, 0.15) is 30.5 Å². The van der Waals surface area contributed by atoms with Crippen molar-refractivity contribution in [3.8, 4) is 5.75 Å². The fourth-order valence-electron chi connectivity index (χ4n) is 2.00. The number of aryl methyl sites for hydroxylation is 2.